The monoisotopic (exact) mass is 357 g/mol. The van der Waals surface area contributed by atoms with E-state index < -0.39 is 6.09 Å². The lowest BCUT2D eigenvalue weighted by Crippen LogP contribution is -2.35. The fraction of sp³-hybridized carbons (Fsp3) is 0.130. The van der Waals surface area contributed by atoms with Gasteiger partial charge in [-0.15, -0.1) is 0 Å². The van der Waals surface area contributed by atoms with Gasteiger partial charge in [-0.3, -0.25) is 4.79 Å². The molecule has 0 spiro atoms. The Labute approximate surface area is 158 Å². The van der Waals surface area contributed by atoms with Crippen molar-refractivity contribution < 1.29 is 14.3 Å². The topological polar surface area (TPSA) is 46.6 Å². The van der Waals surface area contributed by atoms with Gasteiger partial charge >= 0.3 is 6.09 Å². The number of rotatable bonds is 4. The number of benzene rings is 3. The Balaban J connectivity index is 1.50. The highest BCUT2D eigenvalue weighted by Gasteiger charge is 2.38. The van der Waals surface area contributed by atoms with Crippen LogP contribution in [0.2, 0.25) is 0 Å². The zero-order chi connectivity index (χ0) is 18.6. The van der Waals surface area contributed by atoms with Crippen molar-refractivity contribution in [2.45, 2.75) is 12.5 Å². The predicted molar refractivity (Wildman–Crippen MR) is 103 cm³/mol. The Morgan fingerprint density at radius 1 is 0.852 bits per heavy atom. The lowest BCUT2D eigenvalue weighted by atomic mass is 10.0. The minimum Gasteiger partial charge on any atom is -0.446 e. The first-order chi connectivity index (χ1) is 13.2. The summed E-state index contributed by atoms with van der Waals surface area (Å²) in [5.41, 5.74) is 3.99. The molecule has 1 atom stereocenters. The van der Waals surface area contributed by atoms with Gasteiger partial charge in [-0.2, -0.15) is 0 Å². The Morgan fingerprint density at radius 2 is 1.44 bits per heavy atom. The van der Waals surface area contributed by atoms with Gasteiger partial charge in [0.05, 0.1) is 6.42 Å². The first-order valence-electron chi connectivity index (χ1n) is 8.90. The SMILES string of the molecule is O=C(Cc1ccc(-c2ccccc2)cc1)N1C(=O)OC[C@H]1c1ccccc1. The van der Waals surface area contributed by atoms with Crippen LogP contribution in [0.25, 0.3) is 11.1 Å². The molecule has 0 aromatic heterocycles. The van der Waals surface area contributed by atoms with Crippen molar-refractivity contribution in [2.75, 3.05) is 6.61 Å². The van der Waals surface area contributed by atoms with Crippen molar-refractivity contribution in [3.05, 3.63) is 96.1 Å². The van der Waals surface area contributed by atoms with E-state index in [2.05, 4.69) is 0 Å². The summed E-state index contributed by atoms with van der Waals surface area (Å²) in [7, 11) is 0. The predicted octanol–water partition coefficient (Wildman–Crippen LogP) is 4.62. The highest BCUT2D eigenvalue weighted by molar-refractivity contribution is 5.94. The lowest BCUT2D eigenvalue weighted by molar-refractivity contribution is -0.128. The van der Waals surface area contributed by atoms with E-state index >= 15 is 0 Å². The maximum absolute atomic E-state index is 12.8. The summed E-state index contributed by atoms with van der Waals surface area (Å²) in [4.78, 5) is 26.1. The molecule has 1 saturated heterocycles. The Hall–Kier alpha value is -3.40. The summed E-state index contributed by atoms with van der Waals surface area (Å²) in [6, 6.07) is 27.0. The van der Waals surface area contributed by atoms with Crippen LogP contribution in [0.15, 0.2) is 84.9 Å². The van der Waals surface area contributed by atoms with E-state index in [1.807, 2.05) is 84.9 Å². The van der Waals surface area contributed by atoms with Crippen LogP contribution in [0, 0.1) is 0 Å². The molecule has 3 aromatic rings. The normalized spacial score (nSPS) is 16.2. The highest BCUT2D eigenvalue weighted by Crippen LogP contribution is 2.28. The molecular weight excluding hydrogens is 338 g/mol. The average molecular weight is 357 g/mol. The summed E-state index contributed by atoms with van der Waals surface area (Å²) in [6.45, 7) is 0.196. The molecule has 1 heterocycles. The number of carbonyl (C=O) groups is 2. The number of hydrogen-bond acceptors (Lipinski definition) is 3. The summed E-state index contributed by atoms with van der Waals surface area (Å²) in [6.07, 6.45) is -0.414. The fourth-order valence-corrected chi connectivity index (χ4v) is 3.32. The summed E-state index contributed by atoms with van der Waals surface area (Å²) >= 11 is 0. The van der Waals surface area contributed by atoms with E-state index in [1.54, 1.807) is 0 Å². The molecule has 2 amide bonds. The minimum atomic E-state index is -0.574. The number of imide groups is 1. The fourth-order valence-electron chi connectivity index (χ4n) is 3.32. The van der Waals surface area contributed by atoms with Gasteiger partial charge in [-0.1, -0.05) is 84.9 Å². The molecule has 27 heavy (non-hydrogen) atoms. The molecule has 0 N–H and O–H groups in total. The second-order valence-corrected chi connectivity index (χ2v) is 6.51. The van der Waals surface area contributed by atoms with Crippen molar-refractivity contribution in [2.24, 2.45) is 0 Å². The minimum absolute atomic E-state index is 0.160. The van der Waals surface area contributed by atoms with E-state index in [0.717, 1.165) is 22.3 Å². The summed E-state index contributed by atoms with van der Waals surface area (Å²) in [5.74, 6) is -0.251. The molecular formula is C23H19NO3. The average Bonchev–Trinajstić information content (AvgIpc) is 3.11. The summed E-state index contributed by atoms with van der Waals surface area (Å²) < 4.78 is 5.13. The van der Waals surface area contributed by atoms with Crippen LogP contribution < -0.4 is 0 Å². The van der Waals surface area contributed by atoms with Gasteiger partial charge in [0.15, 0.2) is 0 Å². The Kier molecular flexibility index (Phi) is 4.71. The Morgan fingerprint density at radius 3 is 2.11 bits per heavy atom. The molecule has 1 fully saturated rings. The number of amides is 2. The maximum Gasteiger partial charge on any atom is 0.417 e. The molecule has 3 aromatic carbocycles. The van der Waals surface area contributed by atoms with Crippen molar-refractivity contribution >= 4 is 12.0 Å². The van der Waals surface area contributed by atoms with Gasteiger partial charge in [0.2, 0.25) is 5.91 Å². The van der Waals surface area contributed by atoms with Gasteiger partial charge in [-0.05, 0) is 22.3 Å². The molecule has 0 radical (unpaired) electrons. The molecule has 4 nitrogen and oxygen atoms in total. The number of carbonyl (C=O) groups excluding carboxylic acids is 2. The standard InChI is InChI=1S/C23H19NO3/c25-22(24-21(16-27-23(24)26)20-9-5-2-6-10-20)15-17-11-13-19(14-12-17)18-7-3-1-4-8-18/h1-14,21H,15-16H2/t21-/m0/s1. The van der Waals surface area contributed by atoms with E-state index in [9.17, 15) is 9.59 Å². The van der Waals surface area contributed by atoms with Crippen LogP contribution in [0.3, 0.4) is 0 Å². The zero-order valence-electron chi connectivity index (χ0n) is 14.7. The molecule has 0 aliphatic carbocycles. The zero-order valence-corrected chi connectivity index (χ0v) is 14.7. The van der Waals surface area contributed by atoms with E-state index in [-0.39, 0.29) is 25.0 Å². The number of hydrogen-bond donors (Lipinski definition) is 0. The van der Waals surface area contributed by atoms with Gasteiger partial charge in [0.1, 0.15) is 12.6 Å². The first kappa shape index (κ1) is 17.0. The third-order valence-corrected chi connectivity index (χ3v) is 4.74. The van der Waals surface area contributed by atoms with Crippen LogP contribution >= 0.6 is 0 Å². The van der Waals surface area contributed by atoms with Gasteiger partial charge in [0, 0.05) is 0 Å². The smallest absolute Gasteiger partial charge is 0.417 e. The number of cyclic esters (lactones) is 1. The lowest BCUT2D eigenvalue weighted by Gasteiger charge is -2.20. The van der Waals surface area contributed by atoms with Crippen LogP contribution in [0.4, 0.5) is 4.79 Å². The van der Waals surface area contributed by atoms with Gasteiger partial charge in [-0.25, -0.2) is 9.69 Å². The van der Waals surface area contributed by atoms with Crippen molar-refractivity contribution in [1.29, 1.82) is 0 Å². The van der Waals surface area contributed by atoms with Crippen LogP contribution in [-0.2, 0) is 16.0 Å². The molecule has 1 aliphatic heterocycles. The molecule has 134 valence electrons. The summed E-state index contributed by atoms with van der Waals surface area (Å²) in [5, 5.41) is 0. The van der Waals surface area contributed by atoms with Crippen LogP contribution in [0.5, 0.6) is 0 Å². The van der Waals surface area contributed by atoms with Gasteiger partial charge in [0.25, 0.3) is 0 Å². The van der Waals surface area contributed by atoms with Crippen molar-refractivity contribution in [3.8, 4) is 11.1 Å². The van der Waals surface area contributed by atoms with Crippen molar-refractivity contribution in [1.82, 2.24) is 4.90 Å². The van der Waals surface area contributed by atoms with Crippen LogP contribution in [0.1, 0.15) is 17.2 Å². The van der Waals surface area contributed by atoms with E-state index in [0.29, 0.717) is 0 Å². The first-order valence-corrected chi connectivity index (χ1v) is 8.90. The number of nitrogens with zero attached hydrogens (tertiary/aromatic N) is 1. The molecule has 0 saturated carbocycles. The Bertz CT molecular complexity index is 936. The second kappa shape index (κ2) is 7.46. The van der Waals surface area contributed by atoms with Crippen molar-refractivity contribution in [3.63, 3.8) is 0 Å². The van der Waals surface area contributed by atoms with Crippen LogP contribution in [-0.4, -0.2) is 23.5 Å². The van der Waals surface area contributed by atoms with E-state index in [1.165, 1.54) is 4.90 Å². The maximum atomic E-state index is 12.8. The second-order valence-electron chi connectivity index (χ2n) is 6.51. The largest absolute Gasteiger partial charge is 0.446 e. The number of ether oxygens (including phenoxy) is 1. The van der Waals surface area contributed by atoms with E-state index in [4.69, 9.17) is 4.74 Å². The highest BCUT2D eigenvalue weighted by atomic mass is 16.6. The molecule has 0 bridgehead atoms. The third kappa shape index (κ3) is 3.60. The molecule has 4 heteroatoms. The molecule has 1 aliphatic rings. The third-order valence-electron chi connectivity index (χ3n) is 4.74. The quantitative estimate of drug-likeness (QED) is 0.685. The van der Waals surface area contributed by atoms with Gasteiger partial charge < -0.3 is 4.74 Å². The molecule has 4 rings (SSSR count). The molecule has 0 unspecified atom stereocenters.